The molecule has 8 heteroatoms. The highest BCUT2D eigenvalue weighted by molar-refractivity contribution is 8.08. The fourth-order valence-corrected chi connectivity index (χ4v) is 4.43. The van der Waals surface area contributed by atoms with E-state index in [1.807, 2.05) is 0 Å². The van der Waals surface area contributed by atoms with Gasteiger partial charge in [0.15, 0.2) is 24.8 Å². The quantitative estimate of drug-likeness (QED) is 0.706. The summed E-state index contributed by atoms with van der Waals surface area (Å²) >= 11 is 0. The van der Waals surface area contributed by atoms with E-state index in [1.165, 1.54) is 0 Å². The summed E-state index contributed by atoms with van der Waals surface area (Å²) in [7, 11) is -7.81. The first-order valence-electron chi connectivity index (χ1n) is 3.74. The van der Waals surface area contributed by atoms with Crippen LogP contribution in [0.25, 0.3) is 0 Å². The Morgan fingerprint density at radius 2 is 1.13 bits per heavy atom. The zero-order valence-electron chi connectivity index (χ0n) is 7.64. The molecule has 0 saturated heterocycles. The highest BCUT2D eigenvalue weighted by atomic mass is 32.3. The van der Waals surface area contributed by atoms with Crippen molar-refractivity contribution < 1.29 is 25.6 Å². The van der Waals surface area contributed by atoms with Crippen LogP contribution in [0.1, 0.15) is 0 Å². The molecule has 0 unspecified atom stereocenters. The Morgan fingerprint density at radius 1 is 0.800 bits per heavy atom. The molecule has 0 N–H and O–H groups in total. The maximum atomic E-state index is 11.5. The van der Waals surface area contributed by atoms with Gasteiger partial charge in [0.2, 0.25) is 0 Å². The van der Waals surface area contributed by atoms with E-state index in [0.717, 1.165) is 0 Å². The Kier molecular flexibility index (Phi) is 5.66. The van der Waals surface area contributed by atoms with Crippen molar-refractivity contribution in [1.29, 1.82) is 0 Å². The van der Waals surface area contributed by atoms with Crippen LogP contribution in [0, 0.1) is 0 Å². The van der Waals surface area contributed by atoms with E-state index < -0.39 is 36.3 Å². The molecule has 0 radical (unpaired) electrons. The van der Waals surface area contributed by atoms with Crippen LogP contribution < -0.4 is 0 Å². The van der Waals surface area contributed by atoms with Crippen LogP contribution in [0.15, 0.2) is 24.8 Å². The van der Waals surface area contributed by atoms with E-state index in [-0.39, 0.29) is 12.7 Å². The van der Waals surface area contributed by atoms with E-state index in [4.69, 9.17) is 0 Å². The molecule has 0 atom stereocenters. The second kappa shape index (κ2) is 5.96. The second-order valence-corrected chi connectivity index (χ2v) is 7.25. The van der Waals surface area contributed by atoms with Crippen molar-refractivity contribution in [3.05, 3.63) is 24.8 Å². The van der Waals surface area contributed by atoms with E-state index in [9.17, 15) is 25.6 Å². The van der Waals surface area contributed by atoms with Gasteiger partial charge in [0.05, 0.1) is 24.2 Å². The number of hydrogen-bond donors (Lipinski definition) is 0. The maximum absolute atomic E-state index is 11.5. The molecule has 15 heavy (non-hydrogen) atoms. The second-order valence-electron chi connectivity index (χ2n) is 2.66. The molecule has 0 saturated carbocycles. The predicted molar refractivity (Wildman–Crippen MR) is 52.9 cm³/mol. The molecule has 0 aliphatic rings. The van der Waals surface area contributed by atoms with E-state index in [0.29, 0.717) is 12.2 Å². The molecule has 88 valence electrons. The number of rotatable bonds is 6. The van der Waals surface area contributed by atoms with Gasteiger partial charge in [-0.2, -0.15) is 0 Å². The first-order chi connectivity index (χ1) is 6.83. The normalized spacial score (nSPS) is 14.0. The molecule has 0 spiro atoms. The van der Waals surface area contributed by atoms with E-state index in [2.05, 4.69) is 0 Å². The van der Waals surface area contributed by atoms with Crippen LogP contribution >= 0.6 is 0 Å². The van der Waals surface area contributed by atoms with Crippen molar-refractivity contribution in [3.63, 3.8) is 0 Å². The van der Waals surface area contributed by atoms with Gasteiger partial charge in [0.1, 0.15) is 0 Å². The van der Waals surface area contributed by atoms with Crippen LogP contribution in [0.2, 0.25) is 0 Å². The van der Waals surface area contributed by atoms with Crippen molar-refractivity contribution >= 4 is 19.7 Å². The summed E-state index contributed by atoms with van der Waals surface area (Å²) in [4.78, 5) is 0. The molecular weight excluding hydrogens is 250 g/mol. The van der Waals surface area contributed by atoms with Gasteiger partial charge in [-0.15, -0.1) is 0 Å². The summed E-state index contributed by atoms with van der Waals surface area (Å²) in [6.45, 7) is 0. The highest BCUT2D eigenvalue weighted by Gasteiger charge is 2.20. The van der Waals surface area contributed by atoms with Gasteiger partial charge < -0.3 is 0 Å². The van der Waals surface area contributed by atoms with Crippen molar-refractivity contribution in [2.45, 2.75) is 0 Å². The van der Waals surface area contributed by atoms with Crippen LogP contribution in [-0.2, 0) is 19.7 Å². The van der Waals surface area contributed by atoms with Crippen molar-refractivity contribution in [2.75, 3.05) is 16.6 Å². The molecule has 0 rings (SSSR count). The highest BCUT2D eigenvalue weighted by Crippen LogP contribution is 2.01. The zero-order chi connectivity index (χ0) is 11.9. The Balaban J connectivity index is 4.58. The lowest BCUT2D eigenvalue weighted by Gasteiger charge is -2.00. The average molecular weight is 260 g/mol. The Bertz CT molecular complexity index is 392. The van der Waals surface area contributed by atoms with Gasteiger partial charge in [-0.3, -0.25) is 0 Å². The molecular formula is C7H10F2O4S2. The summed E-state index contributed by atoms with van der Waals surface area (Å²) in [6.07, 6.45) is 1.42. The van der Waals surface area contributed by atoms with Crippen molar-refractivity contribution in [1.82, 2.24) is 0 Å². The summed E-state index contributed by atoms with van der Waals surface area (Å²) < 4.78 is 67.2. The topological polar surface area (TPSA) is 68.3 Å². The lowest BCUT2D eigenvalue weighted by atomic mass is 10.7. The Labute approximate surface area is 87.1 Å². The average Bonchev–Trinajstić information content (AvgIpc) is 2.10. The molecule has 0 aliphatic heterocycles. The van der Waals surface area contributed by atoms with E-state index >= 15 is 0 Å². The van der Waals surface area contributed by atoms with E-state index in [1.54, 1.807) is 0 Å². The van der Waals surface area contributed by atoms with Gasteiger partial charge >= 0.3 is 0 Å². The smallest absolute Gasteiger partial charge is 0.168 e. The standard InChI is InChI=1S/C7H10F2O4S2/c8-3-1-5-14(10,11)7-15(12,13)6-2-4-9/h1-4H,5-7H2. The predicted octanol–water partition coefficient (Wildman–Crippen LogP) is 0.740. The van der Waals surface area contributed by atoms with Gasteiger partial charge in [0, 0.05) is 0 Å². The SMILES string of the molecule is O=S(=O)(CC=CF)CS(=O)(=O)CC=CF. The maximum Gasteiger partial charge on any atom is 0.168 e. The third kappa shape index (κ3) is 7.20. The van der Waals surface area contributed by atoms with Crippen molar-refractivity contribution in [2.24, 2.45) is 0 Å². The lowest BCUT2D eigenvalue weighted by Crippen LogP contribution is -2.20. The summed E-state index contributed by atoms with van der Waals surface area (Å²) in [5.41, 5.74) is 0. The van der Waals surface area contributed by atoms with Crippen molar-refractivity contribution in [3.8, 4) is 0 Å². The van der Waals surface area contributed by atoms with Gasteiger partial charge in [0.25, 0.3) is 0 Å². The Morgan fingerprint density at radius 3 is 1.40 bits per heavy atom. The molecule has 0 aliphatic carbocycles. The van der Waals surface area contributed by atoms with Crippen LogP contribution in [0.4, 0.5) is 8.78 Å². The molecule has 0 amide bonds. The number of sulfone groups is 2. The van der Waals surface area contributed by atoms with Crippen LogP contribution in [-0.4, -0.2) is 33.4 Å². The third-order valence-electron chi connectivity index (χ3n) is 1.24. The summed E-state index contributed by atoms with van der Waals surface area (Å²) in [5, 5.41) is -1.12. The summed E-state index contributed by atoms with van der Waals surface area (Å²) in [6, 6.07) is 0. The molecule has 0 aromatic heterocycles. The first kappa shape index (κ1) is 14.2. The first-order valence-corrected chi connectivity index (χ1v) is 7.38. The molecule has 4 nitrogen and oxygen atoms in total. The fraction of sp³-hybridized carbons (Fsp3) is 0.429. The summed E-state index contributed by atoms with van der Waals surface area (Å²) in [5.74, 6) is -1.38. The van der Waals surface area contributed by atoms with Gasteiger partial charge in [-0.05, 0) is 12.2 Å². The minimum Gasteiger partial charge on any atom is -0.227 e. The van der Waals surface area contributed by atoms with Gasteiger partial charge in [-0.25, -0.2) is 25.6 Å². The minimum absolute atomic E-state index is 0.0195. The molecule has 0 heterocycles. The monoisotopic (exact) mass is 260 g/mol. The minimum atomic E-state index is -3.90. The fourth-order valence-electron chi connectivity index (χ4n) is 0.736. The van der Waals surface area contributed by atoms with Crippen LogP contribution in [0.5, 0.6) is 0 Å². The molecule has 0 aromatic carbocycles. The third-order valence-corrected chi connectivity index (χ3v) is 5.51. The lowest BCUT2D eigenvalue weighted by molar-refractivity contribution is 0.591. The number of halogens is 2. The van der Waals surface area contributed by atoms with Crippen LogP contribution in [0.3, 0.4) is 0 Å². The number of hydrogen-bond acceptors (Lipinski definition) is 4. The largest absolute Gasteiger partial charge is 0.227 e. The molecule has 0 bridgehead atoms. The molecule has 0 fully saturated rings. The molecule has 0 aromatic rings. The zero-order valence-corrected chi connectivity index (χ0v) is 9.27. The Hall–Kier alpha value is -0.760. The van der Waals surface area contributed by atoms with Gasteiger partial charge in [-0.1, -0.05) is 0 Å².